The number of halogens is 3. The third-order valence-corrected chi connectivity index (χ3v) is 2.94. The van der Waals surface area contributed by atoms with E-state index in [0.29, 0.717) is 5.69 Å². The van der Waals surface area contributed by atoms with Crippen LogP contribution in [0.25, 0.3) is 0 Å². The number of nitrogens with one attached hydrogen (secondary N) is 1. The molecule has 2 aromatic rings. The number of benzene rings is 2. The van der Waals surface area contributed by atoms with E-state index in [1.807, 2.05) is 0 Å². The van der Waals surface area contributed by atoms with Gasteiger partial charge in [0.2, 0.25) is 0 Å². The van der Waals surface area contributed by atoms with Gasteiger partial charge in [-0.2, -0.15) is 10.5 Å². The molecule has 0 radical (unpaired) electrons. The predicted molar refractivity (Wildman–Crippen MR) is 70.5 cm³/mol. The van der Waals surface area contributed by atoms with Crippen LogP contribution < -0.4 is 5.32 Å². The van der Waals surface area contributed by atoms with Crippen molar-refractivity contribution < 1.29 is 8.78 Å². The van der Waals surface area contributed by atoms with Crippen LogP contribution in [0, 0.1) is 34.3 Å². The van der Waals surface area contributed by atoms with E-state index < -0.39 is 27.8 Å². The molecule has 0 bridgehead atoms. The molecule has 1 N–H and O–H groups in total. The van der Waals surface area contributed by atoms with E-state index in [2.05, 4.69) is 5.32 Å². The molecule has 0 heterocycles. The highest BCUT2D eigenvalue weighted by Gasteiger charge is 2.23. The van der Waals surface area contributed by atoms with Gasteiger partial charge in [0.25, 0.3) is 0 Å². The fourth-order valence-electron chi connectivity index (χ4n) is 1.65. The van der Waals surface area contributed by atoms with Crippen LogP contribution in [0.4, 0.5) is 20.2 Å². The topological polar surface area (TPSA) is 59.6 Å². The summed E-state index contributed by atoms with van der Waals surface area (Å²) in [7, 11) is 0. The Bertz CT molecular complexity index is 746. The van der Waals surface area contributed by atoms with Gasteiger partial charge in [0, 0.05) is 5.69 Å². The van der Waals surface area contributed by atoms with E-state index in [1.165, 1.54) is 6.07 Å². The van der Waals surface area contributed by atoms with Gasteiger partial charge < -0.3 is 5.32 Å². The first kappa shape index (κ1) is 13.8. The zero-order chi connectivity index (χ0) is 14.7. The van der Waals surface area contributed by atoms with Crippen LogP contribution in [0.5, 0.6) is 0 Å². The molecule has 0 saturated heterocycles. The molecular weight excluding hydrogens is 284 g/mol. The average Bonchev–Trinajstić information content (AvgIpc) is 2.46. The van der Waals surface area contributed by atoms with Crippen molar-refractivity contribution in [2.24, 2.45) is 0 Å². The van der Waals surface area contributed by atoms with Crippen LogP contribution in [0.1, 0.15) is 11.1 Å². The van der Waals surface area contributed by atoms with Gasteiger partial charge in [-0.3, -0.25) is 0 Å². The smallest absolute Gasteiger partial charge is 0.164 e. The van der Waals surface area contributed by atoms with Gasteiger partial charge in [0.15, 0.2) is 11.6 Å². The monoisotopic (exact) mass is 289 g/mol. The maximum absolute atomic E-state index is 13.9. The first-order valence-corrected chi connectivity index (χ1v) is 5.80. The lowest BCUT2D eigenvalue weighted by atomic mass is 10.1. The summed E-state index contributed by atoms with van der Waals surface area (Å²) >= 11 is 5.78. The molecule has 2 rings (SSSR count). The summed E-state index contributed by atoms with van der Waals surface area (Å²) in [5, 5.41) is 19.9. The normalized spacial score (nSPS) is 9.65. The highest BCUT2D eigenvalue weighted by atomic mass is 35.5. The van der Waals surface area contributed by atoms with Gasteiger partial charge in [0.1, 0.15) is 28.3 Å². The molecule has 0 spiro atoms. The summed E-state index contributed by atoms with van der Waals surface area (Å²) in [6.45, 7) is 0. The summed E-state index contributed by atoms with van der Waals surface area (Å²) in [5.41, 5.74) is -1.06. The molecule has 3 nitrogen and oxygen atoms in total. The van der Waals surface area contributed by atoms with Crippen molar-refractivity contribution in [1.29, 1.82) is 10.5 Å². The highest BCUT2D eigenvalue weighted by molar-refractivity contribution is 6.34. The maximum Gasteiger partial charge on any atom is 0.164 e. The van der Waals surface area contributed by atoms with E-state index in [1.54, 1.807) is 36.4 Å². The van der Waals surface area contributed by atoms with Crippen molar-refractivity contribution in [3.63, 3.8) is 0 Å². The van der Waals surface area contributed by atoms with Crippen molar-refractivity contribution in [1.82, 2.24) is 0 Å². The molecule has 20 heavy (non-hydrogen) atoms. The minimum atomic E-state index is -1.23. The van der Waals surface area contributed by atoms with Crippen molar-refractivity contribution in [3.8, 4) is 12.1 Å². The summed E-state index contributed by atoms with van der Waals surface area (Å²) in [6, 6.07) is 11.4. The molecule has 0 fully saturated rings. The van der Waals surface area contributed by atoms with Crippen LogP contribution in [0.2, 0.25) is 5.02 Å². The Morgan fingerprint density at radius 3 is 2.10 bits per heavy atom. The minimum absolute atomic E-state index is 0.200. The number of rotatable bonds is 2. The first-order valence-electron chi connectivity index (χ1n) is 5.42. The minimum Gasteiger partial charge on any atom is -0.353 e. The molecule has 0 aliphatic heterocycles. The number of nitrogens with zero attached hydrogens (tertiary/aromatic N) is 2. The Labute approximate surface area is 118 Å². The Kier molecular flexibility index (Phi) is 3.84. The van der Waals surface area contributed by atoms with Gasteiger partial charge in [-0.25, -0.2) is 8.78 Å². The van der Waals surface area contributed by atoms with E-state index in [9.17, 15) is 8.78 Å². The molecule has 98 valence electrons. The third kappa shape index (κ3) is 2.27. The van der Waals surface area contributed by atoms with Gasteiger partial charge in [-0.15, -0.1) is 0 Å². The molecule has 6 heteroatoms. The summed E-state index contributed by atoms with van der Waals surface area (Å²) in [6.07, 6.45) is 0. The second kappa shape index (κ2) is 5.56. The van der Waals surface area contributed by atoms with Crippen LogP contribution in [-0.2, 0) is 0 Å². The molecule has 0 unspecified atom stereocenters. The van der Waals surface area contributed by atoms with E-state index in [0.717, 1.165) is 0 Å². The lowest BCUT2D eigenvalue weighted by molar-refractivity contribution is 0.576. The second-order valence-electron chi connectivity index (χ2n) is 3.78. The Hall–Kier alpha value is -2.63. The van der Waals surface area contributed by atoms with Crippen LogP contribution >= 0.6 is 11.6 Å². The van der Waals surface area contributed by atoms with E-state index in [-0.39, 0.29) is 5.69 Å². The number of anilines is 2. The van der Waals surface area contributed by atoms with E-state index >= 15 is 0 Å². The fourth-order valence-corrected chi connectivity index (χ4v) is 1.88. The summed E-state index contributed by atoms with van der Waals surface area (Å²) in [5.74, 6) is -2.42. The SMILES string of the molecule is N#Cc1c(F)c(Cl)c(Nc2ccccc2)c(C#N)c1F. The molecule has 0 atom stereocenters. The van der Waals surface area contributed by atoms with Crippen LogP contribution in [0.15, 0.2) is 30.3 Å². The van der Waals surface area contributed by atoms with Crippen molar-refractivity contribution in [2.45, 2.75) is 0 Å². The Morgan fingerprint density at radius 2 is 1.55 bits per heavy atom. The zero-order valence-corrected chi connectivity index (χ0v) is 10.7. The molecule has 2 aromatic carbocycles. The number of nitriles is 2. The Morgan fingerprint density at radius 1 is 0.950 bits per heavy atom. The maximum atomic E-state index is 13.9. The molecule has 0 amide bonds. The van der Waals surface area contributed by atoms with Gasteiger partial charge >= 0.3 is 0 Å². The van der Waals surface area contributed by atoms with Crippen molar-refractivity contribution in [3.05, 3.63) is 58.1 Å². The van der Waals surface area contributed by atoms with Crippen LogP contribution in [0.3, 0.4) is 0 Å². The summed E-state index contributed by atoms with van der Waals surface area (Å²) in [4.78, 5) is 0. The second-order valence-corrected chi connectivity index (χ2v) is 4.16. The standard InChI is InChI=1S/C14H6ClF2N3/c15-11-13(17)9(6-18)12(16)10(7-19)14(11)20-8-4-2-1-3-5-8/h1-5,20H. The molecule has 0 aliphatic rings. The predicted octanol–water partition coefficient (Wildman–Crippen LogP) is 4.11. The summed E-state index contributed by atoms with van der Waals surface area (Å²) < 4.78 is 27.7. The average molecular weight is 290 g/mol. The lowest BCUT2D eigenvalue weighted by Gasteiger charge is -2.12. The van der Waals surface area contributed by atoms with Gasteiger partial charge in [-0.1, -0.05) is 29.8 Å². The molecule has 0 aromatic heterocycles. The number of hydrogen-bond donors (Lipinski definition) is 1. The van der Waals surface area contributed by atoms with Crippen molar-refractivity contribution >= 4 is 23.0 Å². The molecule has 0 saturated carbocycles. The number of para-hydroxylation sites is 1. The van der Waals surface area contributed by atoms with Gasteiger partial charge in [-0.05, 0) is 12.1 Å². The Balaban J connectivity index is 2.65. The quantitative estimate of drug-likeness (QED) is 0.847. The fraction of sp³-hybridized carbons (Fsp3) is 0. The highest BCUT2D eigenvalue weighted by Crippen LogP contribution is 2.35. The van der Waals surface area contributed by atoms with Gasteiger partial charge in [0.05, 0.1) is 5.69 Å². The third-order valence-electron chi connectivity index (χ3n) is 2.59. The van der Waals surface area contributed by atoms with E-state index in [4.69, 9.17) is 22.1 Å². The molecule has 0 aliphatic carbocycles. The molecular formula is C14H6ClF2N3. The largest absolute Gasteiger partial charge is 0.353 e. The van der Waals surface area contributed by atoms with Crippen LogP contribution in [-0.4, -0.2) is 0 Å². The number of hydrogen-bond acceptors (Lipinski definition) is 3. The van der Waals surface area contributed by atoms with Crippen molar-refractivity contribution in [2.75, 3.05) is 5.32 Å². The first-order chi connectivity index (χ1) is 9.60. The zero-order valence-electron chi connectivity index (χ0n) is 9.92. The lowest BCUT2D eigenvalue weighted by Crippen LogP contribution is -2.03.